The van der Waals surface area contributed by atoms with E-state index in [0.29, 0.717) is 19.0 Å². The summed E-state index contributed by atoms with van der Waals surface area (Å²) < 4.78 is 12.2. The molecule has 0 saturated carbocycles. The third kappa shape index (κ3) is 7.84. The zero-order chi connectivity index (χ0) is 24.8. The van der Waals surface area contributed by atoms with Crippen molar-refractivity contribution < 1.29 is 9.47 Å². The molecule has 182 valence electrons. The summed E-state index contributed by atoms with van der Waals surface area (Å²) in [7, 11) is 1.70. The topological polar surface area (TPSA) is 82.9 Å². The van der Waals surface area contributed by atoms with E-state index in [0.717, 1.165) is 59.5 Å². The fourth-order valence-electron chi connectivity index (χ4n) is 3.70. The van der Waals surface area contributed by atoms with Crippen LogP contribution in [0.3, 0.4) is 0 Å². The smallest absolute Gasteiger partial charge is 0.125 e. The van der Waals surface area contributed by atoms with E-state index in [2.05, 4.69) is 49.2 Å². The first kappa shape index (κ1) is 26.8. The molecule has 0 atom stereocenters. The van der Waals surface area contributed by atoms with Gasteiger partial charge in [0, 0.05) is 12.6 Å². The Morgan fingerprint density at radius 1 is 0.971 bits per heavy atom. The first-order chi connectivity index (χ1) is 16.6. The predicted molar refractivity (Wildman–Crippen MR) is 144 cm³/mol. The molecule has 34 heavy (non-hydrogen) atoms. The van der Waals surface area contributed by atoms with Crippen LogP contribution >= 0.6 is 0 Å². The highest BCUT2D eigenvalue weighted by molar-refractivity contribution is 5.97. The summed E-state index contributed by atoms with van der Waals surface area (Å²) in [6, 6.07) is 14.5. The van der Waals surface area contributed by atoms with Gasteiger partial charge >= 0.3 is 0 Å². The first-order valence-electron chi connectivity index (χ1n) is 12.0. The molecule has 0 aliphatic heterocycles. The average Bonchev–Trinajstić information content (AvgIpc) is 2.86. The van der Waals surface area contributed by atoms with E-state index >= 15 is 0 Å². The summed E-state index contributed by atoms with van der Waals surface area (Å²) in [5.41, 5.74) is 17.0. The summed E-state index contributed by atoms with van der Waals surface area (Å²) in [6.45, 7) is 7.22. The molecule has 2 aromatic carbocycles. The normalized spacial score (nSPS) is 12.9. The molecule has 4 N–H and O–H groups in total. The van der Waals surface area contributed by atoms with Crippen LogP contribution in [0.4, 0.5) is 0 Å². The molecule has 0 saturated heterocycles. The van der Waals surface area contributed by atoms with Crippen LogP contribution in [0, 0.1) is 0 Å². The number of allylic oxidation sites excluding steroid dienone is 4. The summed E-state index contributed by atoms with van der Waals surface area (Å²) >= 11 is 0. The van der Waals surface area contributed by atoms with Crippen LogP contribution in [-0.4, -0.2) is 26.1 Å². The predicted octanol–water partition coefficient (Wildman–Crippen LogP) is 6.14. The maximum absolute atomic E-state index is 6.13. The maximum atomic E-state index is 6.13. The fraction of sp³-hybridized carbons (Fsp3) is 0.345. The van der Waals surface area contributed by atoms with E-state index < -0.39 is 0 Å². The molecular weight excluding hydrogens is 422 g/mol. The van der Waals surface area contributed by atoms with E-state index in [1.54, 1.807) is 13.2 Å². The van der Waals surface area contributed by atoms with E-state index in [4.69, 9.17) is 20.9 Å². The summed E-state index contributed by atoms with van der Waals surface area (Å²) in [4.78, 5) is 4.05. The largest absolute Gasteiger partial charge is 0.490 e. The number of benzene rings is 2. The van der Waals surface area contributed by atoms with Gasteiger partial charge in [-0.2, -0.15) is 0 Å². The lowest BCUT2D eigenvalue weighted by Crippen LogP contribution is -2.12. The van der Waals surface area contributed by atoms with Gasteiger partial charge in [-0.25, -0.2) is 0 Å². The van der Waals surface area contributed by atoms with Crippen molar-refractivity contribution in [1.29, 1.82) is 0 Å². The number of aliphatic imine (C=N–C) groups is 1. The van der Waals surface area contributed by atoms with Crippen LogP contribution in [0.1, 0.15) is 51.2 Å². The number of amidine groups is 1. The number of nitrogens with two attached hydrogens (primary N) is 2. The Bertz CT molecular complexity index is 1020. The minimum Gasteiger partial charge on any atom is -0.490 e. The monoisotopic (exact) mass is 461 g/mol. The molecule has 0 amide bonds. The summed E-state index contributed by atoms with van der Waals surface area (Å²) in [5.74, 6) is 2.29. The van der Waals surface area contributed by atoms with Crippen molar-refractivity contribution in [2.24, 2.45) is 16.5 Å². The van der Waals surface area contributed by atoms with Gasteiger partial charge in [-0.05, 0) is 72.5 Å². The van der Waals surface area contributed by atoms with E-state index in [1.165, 1.54) is 5.56 Å². The van der Waals surface area contributed by atoms with Gasteiger partial charge in [0.05, 0.1) is 0 Å². The second kappa shape index (κ2) is 14.6. The van der Waals surface area contributed by atoms with Gasteiger partial charge in [0.1, 0.15) is 30.6 Å². The van der Waals surface area contributed by atoms with Crippen LogP contribution < -0.4 is 16.2 Å². The van der Waals surface area contributed by atoms with Gasteiger partial charge in [-0.1, -0.05) is 63.1 Å². The number of ether oxygens (including phenoxy) is 2. The van der Waals surface area contributed by atoms with Crippen LogP contribution in [0.25, 0.3) is 11.1 Å². The van der Waals surface area contributed by atoms with Gasteiger partial charge in [0.15, 0.2) is 0 Å². The lowest BCUT2D eigenvalue weighted by atomic mass is 9.99. The molecule has 0 heterocycles. The average molecular weight is 462 g/mol. The molecule has 0 aliphatic carbocycles. The number of aryl methyl sites for hydroxylation is 1. The van der Waals surface area contributed by atoms with Gasteiger partial charge in [0.25, 0.3) is 0 Å². The highest BCUT2D eigenvalue weighted by Gasteiger charge is 2.08. The highest BCUT2D eigenvalue weighted by Crippen LogP contribution is 2.28. The molecule has 2 aromatic rings. The minimum atomic E-state index is 0.459. The molecule has 0 bridgehead atoms. The Morgan fingerprint density at radius 3 is 2.32 bits per heavy atom. The molecule has 0 fully saturated rings. The Labute approximate surface area is 204 Å². The zero-order valence-corrected chi connectivity index (χ0v) is 21.0. The number of hydrogen-bond acceptors (Lipinski definition) is 4. The van der Waals surface area contributed by atoms with Gasteiger partial charge in [-0.3, -0.25) is 4.99 Å². The van der Waals surface area contributed by atoms with Crippen molar-refractivity contribution in [3.05, 3.63) is 89.4 Å². The molecule has 2 rings (SSSR count). The number of hydrogen-bond donors (Lipinski definition) is 2. The van der Waals surface area contributed by atoms with Crippen LogP contribution in [0.15, 0.2) is 83.2 Å². The molecule has 0 aliphatic rings. The fourth-order valence-corrected chi connectivity index (χ4v) is 3.70. The van der Waals surface area contributed by atoms with E-state index in [-0.39, 0.29) is 0 Å². The second-order valence-corrected chi connectivity index (χ2v) is 7.95. The summed E-state index contributed by atoms with van der Waals surface area (Å²) in [5, 5.41) is 0. The van der Waals surface area contributed by atoms with Crippen molar-refractivity contribution in [3.8, 4) is 16.9 Å². The van der Waals surface area contributed by atoms with Gasteiger partial charge < -0.3 is 20.9 Å². The van der Waals surface area contributed by atoms with Crippen LogP contribution in [0.2, 0.25) is 0 Å². The molecular formula is C29H39N3O2. The van der Waals surface area contributed by atoms with Gasteiger partial charge in [0.2, 0.25) is 0 Å². The molecule has 0 unspecified atom stereocenters. The quantitative estimate of drug-likeness (QED) is 0.123. The van der Waals surface area contributed by atoms with Crippen LogP contribution in [-0.2, 0) is 11.2 Å². The van der Waals surface area contributed by atoms with Crippen molar-refractivity contribution in [1.82, 2.24) is 0 Å². The molecule has 5 nitrogen and oxygen atoms in total. The third-order valence-corrected chi connectivity index (χ3v) is 5.38. The Balaban J connectivity index is 2.11. The third-order valence-electron chi connectivity index (χ3n) is 5.38. The second-order valence-electron chi connectivity index (χ2n) is 7.95. The van der Waals surface area contributed by atoms with Gasteiger partial charge in [-0.15, -0.1) is 0 Å². The first-order valence-corrected chi connectivity index (χ1v) is 12.0. The summed E-state index contributed by atoms with van der Waals surface area (Å²) in [6.07, 6.45) is 11.4. The Kier molecular flexibility index (Phi) is 11.5. The lowest BCUT2D eigenvalue weighted by molar-refractivity contribution is 0.161. The van der Waals surface area contributed by atoms with Crippen LogP contribution in [0.5, 0.6) is 5.75 Å². The van der Waals surface area contributed by atoms with Crippen molar-refractivity contribution >= 4 is 5.84 Å². The van der Waals surface area contributed by atoms with Crippen molar-refractivity contribution in [2.45, 2.75) is 46.5 Å². The minimum absolute atomic E-state index is 0.459. The Hall–Kier alpha value is -3.47. The Morgan fingerprint density at radius 2 is 1.71 bits per heavy atom. The number of rotatable bonds is 13. The maximum Gasteiger partial charge on any atom is 0.125 e. The van der Waals surface area contributed by atoms with E-state index in [9.17, 15) is 0 Å². The van der Waals surface area contributed by atoms with Crippen molar-refractivity contribution in [2.75, 3.05) is 20.3 Å². The zero-order valence-electron chi connectivity index (χ0n) is 21.0. The molecule has 0 spiro atoms. The van der Waals surface area contributed by atoms with Crippen molar-refractivity contribution in [3.63, 3.8) is 0 Å². The molecule has 5 heteroatoms. The van der Waals surface area contributed by atoms with E-state index in [1.807, 2.05) is 37.3 Å². The molecule has 0 aromatic heterocycles. The number of nitrogens with zero attached hydrogens (tertiary/aromatic N) is 1. The molecule has 0 radical (unpaired) electrons. The SMILES string of the molecule is C\C=C/C(OCCOc1ccc(-c2ccc(C(N)=NC)cc2)cc1CCC)=C(\C=C\N)CCC. The highest BCUT2D eigenvalue weighted by atomic mass is 16.5. The standard InChI is InChI=1S/C29H39N3O2/c1-5-8-23(17-18-30)27(10-7-3)33-19-20-34-28-16-15-25(21-26(28)9-6-2)22-11-13-24(14-12-22)29(31)32-4/h7,10-18,21H,5-6,8-9,19-20,30H2,1-4H3,(H2,31,32)/b10-7-,18-17+,27-23+. The lowest BCUT2D eigenvalue weighted by Gasteiger charge is -2.15.